The van der Waals surface area contributed by atoms with Crippen LogP contribution in [-0.4, -0.2) is 49.2 Å². The molecule has 4 atom stereocenters. The maximum Gasteiger partial charge on any atom is 0.251 e. The summed E-state index contributed by atoms with van der Waals surface area (Å²) in [6.07, 6.45) is 3.34. The highest BCUT2D eigenvalue weighted by Crippen LogP contribution is 2.33. The van der Waals surface area contributed by atoms with Crippen molar-refractivity contribution in [1.82, 2.24) is 10.2 Å². The van der Waals surface area contributed by atoms with Crippen LogP contribution in [0.15, 0.2) is 18.2 Å². The van der Waals surface area contributed by atoms with Gasteiger partial charge in [-0.25, -0.2) is 0 Å². The van der Waals surface area contributed by atoms with E-state index in [-0.39, 0.29) is 18.1 Å². The number of ether oxygens (including phenoxy) is 2. The number of carbonyl (C=O) groups is 1. The number of carbonyl (C=O) groups excluding carboxylic acids is 1. The molecule has 0 spiro atoms. The van der Waals surface area contributed by atoms with E-state index in [9.17, 15) is 4.79 Å². The molecule has 0 aromatic heterocycles. The van der Waals surface area contributed by atoms with Crippen molar-refractivity contribution in [3.8, 4) is 11.5 Å². The van der Waals surface area contributed by atoms with Crippen LogP contribution in [0, 0.1) is 5.92 Å². The fourth-order valence-electron chi connectivity index (χ4n) is 3.89. The Morgan fingerprint density at radius 2 is 2.26 bits per heavy atom. The molecule has 4 rings (SSSR count). The zero-order valence-corrected chi connectivity index (χ0v) is 13.6. The molecule has 2 bridgehead atoms. The first-order valence-electron chi connectivity index (χ1n) is 8.68. The average Bonchev–Trinajstić information content (AvgIpc) is 2.92. The zero-order chi connectivity index (χ0) is 15.8. The Labute approximate surface area is 136 Å². The van der Waals surface area contributed by atoms with E-state index < -0.39 is 0 Å². The molecule has 5 heteroatoms. The second kappa shape index (κ2) is 6.04. The molecular formula is C18H24N2O3. The highest BCUT2D eigenvalue weighted by atomic mass is 16.6. The second-order valence-electron chi connectivity index (χ2n) is 6.94. The Morgan fingerprint density at radius 1 is 1.35 bits per heavy atom. The van der Waals surface area contributed by atoms with Crippen molar-refractivity contribution in [2.75, 3.05) is 26.2 Å². The van der Waals surface area contributed by atoms with Crippen molar-refractivity contribution in [3.63, 3.8) is 0 Å². The molecule has 23 heavy (non-hydrogen) atoms. The SMILES string of the molecule is CC[C@@H]1COc2ccc(C(=O)N[C@@H]3C[C@@H]4CCN(C4)C3)cc2O1. The summed E-state index contributed by atoms with van der Waals surface area (Å²) in [5, 5.41) is 3.19. The maximum absolute atomic E-state index is 12.6. The van der Waals surface area contributed by atoms with Crippen LogP contribution >= 0.6 is 0 Å². The third-order valence-corrected chi connectivity index (χ3v) is 5.18. The number of rotatable bonds is 3. The quantitative estimate of drug-likeness (QED) is 0.927. The monoisotopic (exact) mass is 316 g/mol. The molecule has 1 unspecified atom stereocenters. The summed E-state index contributed by atoms with van der Waals surface area (Å²) >= 11 is 0. The van der Waals surface area contributed by atoms with E-state index in [1.807, 2.05) is 18.2 Å². The predicted octanol–water partition coefficient (Wildman–Crippen LogP) is 2.06. The summed E-state index contributed by atoms with van der Waals surface area (Å²) in [5.41, 5.74) is 0.650. The number of hydrogen-bond donors (Lipinski definition) is 1. The molecule has 124 valence electrons. The van der Waals surface area contributed by atoms with Gasteiger partial charge in [-0.05, 0) is 49.9 Å². The van der Waals surface area contributed by atoms with Crippen molar-refractivity contribution in [3.05, 3.63) is 23.8 Å². The first-order valence-corrected chi connectivity index (χ1v) is 8.68. The lowest BCUT2D eigenvalue weighted by molar-refractivity contribution is 0.0863. The first-order chi connectivity index (χ1) is 11.2. The molecule has 1 N–H and O–H groups in total. The van der Waals surface area contributed by atoms with Gasteiger partial charge in [0.1, 0.15) is 12.7 Å². The fourth-order valence-corrected chi connectivity index (χ4v) is 3.89. The number of piperidine rings is 1. The van der Waals surface area contributed by atoms with Gasteiger partial charge < -0.3 is 19.7 Å². The standard InChI is InChI=1S/C18H24N2O3/c1-2-15-11-22-16-4-3-13(8-17(16)23-15)18(21)19-14-7-12-5-6-20(9-12)10-14/h3-4,8,12,14-15H,2,5-7,9-11H2,1H3,(H,19,21)/t12-,14+,15+/m0/s1. The molecule has 3 heterocycles. The molecule has 1 aromatic rings. The van der Waals surface area contributed by atoms with Crippen LogP contribution in [0.5, 0.6) is 11.5 Å². The minimum atomic E-state index is -0.0116. The number of hydrogen-bond acceptors (Lipinski definition) is 4. The third kappa shape index (κ3) is 3.02. The number of amides is 1. The highest BCUT2D eigenvalue weighted by molar-refractivity contribution is 5.95. The van der Waals surface area contributed by atoms with Crippen molar-refractivity contribution in [2.24, 2.45) is 5.92 Å². The summed E-state index contributed by atoms with van der Waals surface area (Å²) in [6, 6.07) is 5.73. The van der Waals surface area contributed by atoms with Crippen molar-refractivity contribution >= 4 is 5.91 Å². The smallest absolute Gasteiger partial charge is 0.251 e. The number of benzene rings is 1. The zero-order valence-electron chi connectivity index (χ0n) is 13.6. The number of nitrogens with one attached hydrogen (secondary N) is 1. The summed E-state index contributed by atoms with van der Waals surface area (Å²) in [7, 11) is 0. The molecule has 0 aliphatic carbocycles. The molecule has 3 aliphatic rings. The van der Waals surface area contributed by atoms with Crippen LogP contribution in [0.2, 0.25) is 0 Å². The fraction of sp³-hybridized carbons (Fsp3) is 0.611. The lowest BCUT2D eigenvalue weighted by Gasteiger charge is -2.30. The van der Waals surface area contributed by atoms with Crippen molar-refractivity contribution in [1.29, 1.82) is 0 Å². The van der Waals surface area contributed by atoms with Gasteiger partial charge >= 0.3 is 0 Å². The molecule has 0 radical (unpaired) electrons. The largest absolute Gasteiger partial charge is 0.486 e. The summed E-state index contributed by atoms with van der Waals surface area (Å²) in [4.78, 5) is 15.0. The van der Waals surface area contributed by atoms with Gasteiger partial charge in [-0.1, -0.05) is 6.92 Å². The van der Waals surface area contributed by atoms with Crippen molar-refractivity contribution < 1.29 is 14.3 Å². The van der Waals surface area contributed by atoms with E-state index in [0.717, 1.165) is 31.1 Å². The lowest BCUT2D eigenvalue weighted by atomic mass is 9.96. The Hall–Kier alpha value is -1.75. The molecule has 1 amide bonds. The van der Waals surface area contributed by atoms with Crippen LogP contribution in [0.3, 0.4) is 0 Å². The van der Waals surface area contributed by atoms with Crippen LogP contribution in [0.25, 0.3) is 0 Å². The van der Waals surface area contributed by atoms with E-state index in [4.69, 9.17) is 9.47 Å². The van der Waals surface area contributed by atoms with Gasteiger partial charge in [0, 0.05) is 24.7 Å². The topological polar surface area (TPSA) is 50.8 Å². The summed E-state index contributed by atoms with van der Waals surface area (Å²) in [5.74, 6) is 2.15. The Balaban J connectivity index is 1.44. The van der Waals surface area contributed by atoms with E-state index in [1.54, 1.807) is 0 Å². The van der Waals surface area contributed by atoms with Crippen LogP contribution in [0.4, 0.5) is 0 Å². The molecule has 5 nitrogen and oxygen atoms in total. The number of fused-ring (bicyclic) bond motifs is 3. The summed E-state index contributed by atoms with van der Waals surface area (Å²) in [6.45, 7) is 6.01. The van der Waals surface area contributed by atoms with Gasteiger partial charge in [-0.2, -0.15) is 0 Å². The van der Waals surface area contributed by atoms with Gasteiger partial charge in [0.2, 0.25) is 0 Å². The molecule has 0 saturated carbocycles. The Kier molecular flexibility index (Phi) is 3.89. The van der Waals surface area contributed by atoms with E-state index >= 15 is 0 Å². The van der Waals surface area contributed by atoms with Crippen LogP contribution in [0.1, 0.15) is 36.5 Å². The predicted molar refractivity (Wildman–Crippen MR) is 87.1 cm³/mol. The maximum atomic E-state index is 12.6. The molecule has 2 saturated heterocycles. The average molecular weight is 316 g/mol. The first kappa shape index (κ1) is 14.8. The third-order valence-electron chi connectivity index (χ3n) is 5.18. The second-order valence-corrected chi connectivity index (χ2v) is 6.94. The van der Waals surface area contributed by atoms with Gasteiger partial charge in [0.25, 0.3) is 5.91 Å². The van der Waals surface area contributed by atoms with E-state index in [2.05, 4.69) is 17.1 Å². The summed E-state index contributed by atoms with van der Waals surface area (Å²) < 4.78 is 11.6. The Morgan fingerprint density at radius 3 is 3.09 bits per heavy atom. The molecule has 1 aromatic carbocycles. The normalized spacial score (nSPS) is 31.7. The van der Waals surface area contributed by atoms with Crippen LogP contribution in [-0.2, 0) is 0 Å². The molecule has 2 fully saturated rings. The minimum Gasteiger partial charge on any atom is -0.486 e. The number of nitrogens with zero attached hydrogens (tertiary/aromatic N) is 1. The van der Waals surface area contributed by atoms with Gasteiger partial charge in [-0.15, -0.1) is 0 Å². The Bertz CT molecular complexity index is 592. The van der Waals surface area contributed by atoms with Gasteiger partial charge in [-0.3, -0.25) is 4.79 Å². The van der Waals surface area contributed by atoms with Gasteiger partial charge in [0.15, 0.2) is 11.5 Å². The highest BCUT2D eigenvalue weighted by Gasteiger charge is 2.33. The van der Waals surface area contributed by atoms with Crippen LogP contribution < -0.4 is 14.8 Å². The lowest BCUT2D eigenvalue weighted by Crippen LogP contribution is -2.47. The molecule has 3 aliphatic heterocycles. The van der Waals surface area contributed by atoms with Gasteiger partial charge in [0.05, 0.1) is 0 Å². The molecular weight excluding hydrogens is 292 g/mol. The minimum absolute atomic E-state index is 0.0116. The van der Waals surface area contributed by atoms with Crippen molar-refractivity contribution in [2.45, 2.75) is 38.3 Å². The van der Waals surface area contributed by atoms with E-state index in [0.29, 0.717) is 17.9 Å². The van der Waals surface area contributed by atoms with E-state index in [1.165, 1.54) is 19.5 Å².